The summed E-state index contributed by atoms with van der Waals surface area (Å²) in [6, 6.07) is -1.14. The predicted molar refractivity (Wildman–Crippen MR) is 245 cm³/mol. The molecule has 1 saturated carbocycles. The minimum Gasteiger partial charge on any atom is -0.460 e. The molecule has 2 bridgehead atoms. The first kappa shape index (κ1) is 54.2. The van der Waals surface area contributed by atoms with Crippen LogP contribution in [0.4, 0.5) is 0 Å². The molecule has 65 heavy (non-hydrogen) atoms. The lowest BCUT2D eigenvalue weighted by atomic mass is 9.78. The monoisotopic (exact) mass is 914 g/mol. The second kappa shape index (κ2) is 25.1. The Morgan fingerprint density at radius 3 is 2.25 bits per heavy atom. The Labute approximate surface area is 387 Å². The summed E-state index contributed by atoms with van der Waals surface area (Å²) in [5.41, 5.74) is 1.27. The van der Waals surface area contributed by atoms with Crippen molar-refractivity contribution in [2.24, 2.45) is 35.5 Å². The number of aliphatic hydroxyl groups is 3. The molecule has 0 radical (unpaired) electrons. The van der Waals surface area contributed by atoms with E-state index >= 15 is 0 Å². The fourth-order valence-electron chi connectivity index (χ4n) is 10.1. The van der Waals surface area contributed by atoms with E-state index in [0.29, 0.717) is 63.4 Å². The van der Waals surface area contributed by atoms with Crippen LogP contribution in [-0.4, -0.2) is 132 Å². The van der Waals surface area contributed by atoms with Gasteiger partial charge in [-0.15, -0.1) is 0 Å². The second-order valence-corrected chi connectivity index (χ2v) is 19.6. The number of cyclic esters (lactones) is 1. The summed E-state index contributed by atoms with van der Waals surface area (Å²) in [5, 5.41) is 33.8. The number of nitrogens with zero attached hydrogens (tertiary/aromatic N) is 1. The van der Waals surface area contributed by atoms with Gasteiger partial charge in [-0.25, -0.2) is 4.79 Å². The van der Waals surface area contributed by atoms with Crippen molar-refractivity contribution in [2.45, 2.75) is 180 Å². The van der Waals surface area contributed by atoms with Gasteiger partial charge >= 0.3 is 5.97 Å². The van der Waals surface area contributed by atoms with Crippen molar-refractivity contribution in [1.29, 1.82) is 0 Å². The van der Waals surface area contributed by atoms with Gasteiger partial charge in [-0.2, -0.15) is 0 Å². The van der Waals surface area contributed by atoms with Crippen molar-refractivity contribution in [3.63, 3.8) is 0 Å². The molecule has 4 aliphatic rings. The number of allylic oxidation sites excluding steroid dienone is 6. The molecule has 14 nitrogen and oxygen atoms in total. The summed E-state index contributed by atoms with van der Waals surface area (Å²) in [6.07, 6.45) is 11.2. The third kappa shape index (κ3) is 14.3. The van der Waals surface area contributed by atoms with E-state index in [0.717, 1.165) is 12.0 Å². The van der Waals surface area contributed by atoms with E-state index in [4.69, 9.17) is 23.7 Å². The van der Waals surface area contributed by atoms with Gasteiger partial charge < -0.3 is 43.9 Å². The van der Waals surface area contributed by atoms with Crippen LogP contribution in [-0.2, 0) is 47.7 Å². The maximum absolute atomic E-state index is 14.4. The average Bonchev–Trinajstić information content (AvgIpc) is 3.28. The number of ketones is 3. The molecule has 3 heterocycles. The van der Waals surface area contributed by atoms with Crippen molar-refractivity contribution in [3.8, 4) is 0 Å². The van der Waals surface area contributed by atoms with Crippen molar-refractivity contribution < 1.29 is 63.0 Å². The highest BCUT2D eigenvalue weighted by Gasteiger charge is 2.53. The Balaban J connectivity index is 1.70. The number of esters is 1. The zero-order valence-corrected chi connectivity index (χ0v) is 40.6. The standard InChI is InChI=1S/C51H79NO13/c1-30-16-12-11-13-17-31(2)42(61-8)28-38-21-19-36(7)51(60,65-38)48(57)49(58)52-23-15-14-18-39(52)50(59)64-43(33(4)26-37-20-22-40(53)44(27-37)62-9)29-41(54)32(3)25-35(6)46(56)47(63-10)45(55)34(5)24-30/h11-13,16-17,25,30,32-34,36-40,42-44,46-47,53,56,60H,14-15,18-24,26-29H2,1-10H3/b13-11+,16-12+,31-17+,35-25+/t30-,32+,33-,34+,36-,37+,38+,39+,40-,42-,43+,44-,46-,47+,51-/m1/s1. The van der Waals surface area contributed by atoms with E-state index in [1.807, 2.05) is 58.1 Å². The van der Waals surface area contributed by atoms with Crippen LogP contribution in [0, 0.1) is 35.5 Å². The summed E-state index contributed by atoms with van der Waals surface area (Å²) < 4.78 is 29.4. The first-order valence-electron chi connectivity index (χ1n) is 23.9. The second-order valence-electron chi connectivity index (χ2n) is 19.6. The maximum Gasteiger partial charge on any atom is 0.329 e. The zero-order chi connectivity index (χ0) is 48.2. The lowest BCUT2D eigenvalue weighted by molar-refractivity contribution is -0.265. The fourth-order valence-corrected chi connectivity index (χ4v) is 10.1. The summed E-state index contributed by atoms with van der Waals surface area (Å²) >= 11 is 0. The van der Waals surface area contributed by atoms with E-state index in [9.17, 15) is 39.3 Å². The number of amides is 1. The SMILES string of the molecule is CO[C@@H]1C[C@@H]2CC[C@@H](C)[C@@](O)(O2)C(=O)C(=O)N2CCCC[C@H]2C(=O)O[C@H]([C@H](C)C[C@@H]2CC[C@@H](O)[C@H](OC)C2)CC(=O)[C@@H](C)/C=C(\C)[C@@H](O)[C@@H](OC)C(=O)[C@@H](C)C[C@H](C)/C=C/C=C/C=C/1C. The molecule has 2 saturated heterocycles. The number of ether oxygens (including phenoxy) is 5. The number of hydrogen-bond donors (Lipinski definition) is 3. The van der Waals surface area contributed by atoms with E-state index in [2.05, 4.69) is 0 Å². The Morgan fingerprint density at radius 1 is 0.846 bits per heavy atom. The molecular weight excluding hydrogens is 835 g/mol. The number of rotatable bonds is 6. The Morgan fingerprint density at radius 2 is 1.57 bits per heavy atom. The molecule has 3 aliphatic heterocycles. The average molecular weight is 914 g/mol. The highest BCUT2D eigenvalue weighted by Crippen LogP contribution is 2.38. The van der Waals surface area contributed by atoms with Gasteiger partial charge in [0.25, 0.3) is 11.7 Å². The van der Waals surface area contributed by atoms with Gasteiger partial charge in [-0.1, -0.05) is 71.1 Å². The molecule has 0 spiro atoms. The van der Waals surface area contributed by atoms with Gasteiger partial charge in [0.1, 0.15) is 30.1 Å². The Bertz CT molecular complexity index is 1760. The molecule has 0 aromatic carbocycles. The molecule has 15 atom stereocenters. The van der Waals surface area contributed by atoms with Gasteiger partial charge in [0, 0.05) is 58.5 Å². The van der Waals surface area contributed by atoms with Crippen LogP contribution < -0.4 is 0 Å². The van der Waals surface area contributed by atoms with Crippen LogP contribution >= 0.6 is 0 Å². The molecule has 1 aliphatic carbocycles. The van der Waals surface area contributed by atoms with E-state index < -0.39 is 83.9 Å². The fraction of sp³-hybridized carbons (Fsp3) is 0.745. The molecular formula is C51H79NO13. The summed E-state index contributed by atoms with van der Waals surface area (Å²) in [4.78, 5) is 71.8. The number of Topliss-reactive ketones (excluding diaryl/α,β-unsaturated/α-hetero) is 3. The van der Waals surface area contributed by atoms with Gasteiger partial charge in [0.2, 0.25) is 5.79 Å². The van der Waals surface area contributed by atoms with E-state index in [1.165, 1.54) is 12.0 Å². The molecule has 4 rings (SSSR count). The third-order valence-electron chi connectivity index (χ3n) is 14.5. The lowest BCUT2D eigenvalue weighted by Crippen LogP contribution is -2.61. The number of hydrogen-bond acceptors (Lipinski definition) is 13. The molecule has 3 N–H and O–H groups in total. The third-order valence-corrected chi connectivity index (χ3v) is 14.5. The van der Waals surface area contributed by atoms with Crippen LogP contribution in [0.3, 0.4) is 0 Å². The maximum atomic E-state index is 14.4. The first-order chi connectivity index (χ1) is 30.7. The van der Waals surface area contributed by atoms with Crippen LogP contribution in [0.1, 0.15) is 126 Å². The normalized spacial score (nSPS) is 40.4. The smallest absolute Gasteiger partial charge is 0.329 e. The van der Waals surface area contributed by atoms with Crippen molar-refractivity contribution in [1.82, 2.24) is 4.90 Å². The highest BCUT2D eigenvalue weighted by molar-refractivity contribution is 6.39. The van der Waals surface area contributed by atoms with Crippen LogP contribution in [0.25, 0.3) is 0 Å². The summed E-state index contributed by atoms with van der Waals surface area (Å²) in [6.45, 7) is 12.7. The summed E-state index contributed by atoms with van der Waals surface area (Å²) in [5.74, 6) is -7.96. The van der Waals surface area contributed by atoms with E-state index in [-0.39, 0.29) is 54.8 Å². The molecule has 0 unspecified atom stereocenters. The molecule has 0 aromatic heterocycles. The van der Waals surface area contributed by atoms with Gasteiger partial charge in [-0.3, -0.25) is 19.2 Å². The first-order valence-corrected chi connectivity index (χ1v) is 23.9. The highest BCUT2D eigenvalue weighted by atomic mass is 16.6. The number of aliphatic hydroxyl groups excluding tert-OH is 2. The quantitative estimate of drug-likeness (QED) is 0.156. The largest absolute Gasteiger partial charge is 0.460 e. The lowest BCUT2D eigenvalue weighted by Gasteiger charge is -2.42. The number of methoxy groups -OCH3 is 3. The Hall–Kier alpha value is -3.37. The van der Waals surface area contributed by atoms with Crippen LogP contribution in [0.2, 0.25) is 0 Å². The number of piperidine rings is 1. The molecule has 1 amide bonds. The molecule has 0 aromatic rings. The van der Waals surface area contributed by atoms with Crippen molar-refractivity contribution in [3.05, 3.63) is 47.6 Å². The number of carbonyl (C=O) groups is 5. The van der Waals surface area contributed by atoms with Crippen LogP contribution in [0.5, 0.6) is 0 Å². The zero-order valence-electron chi connectivity index (χ0n) is 40.6. The number of carbonyl (C=O) groups excluding carboxylic acids is 5. The number of fused-ring (bicyclic) bond motifs is 3. The topological polar surface area (TPSA) is 195 Å². The predicted octanol–water partition coefficient (Wildman–Crippen LogP) is 6.18. The Kier molecular flexibility index (Phi) is 21.0. The van der Waals surface area contributed by atoms with E-state index in [1.54, 1.807) is 41.1 Å². The van der Waals surface area contributed by atoms with Crippen LogP contribution in [0.15, 0.2) is 47.6 Å². The summed E-state index contributed by atoms with van der Waals surface area (Å²) in [7, 11) is 4.52. The van der Waals surface area contributed by atoms with Gasteiger partial charge in [0.15, 0.2) is 5.78 Å². The molecule has 3 fully saturated rings. The van der Waals surface area contributed by atoms with Crippen molar-refractivity contribution in [2.75, 3.05) is 27.9 Å². The van der Waals surface area contributed by atoms with Gasteiger partial charge in [-0.05, 0) is 107 Å². The van der Waals surface area contributed by atoms with Crippen molar-refractivity contribution >= 4 is 29.2 Å². The molecule has 14 heteroatoms. The minimum absolute atomic E-state index is 0.0193. The molecule has 366 valence electrons. The minimum atomic E-state index is -2.43. The van der Waals surface area contributed by atoms with Gasteiger partial charge in [0.05, 0.1) is 24.4 Å².